The fourth-order valence-corrected chi connectivity index (χ4v) is 3.15. The Morgan fingerprint density at radius 1 is 0.968 bits per heavy atom. The lowest BCUT2D eigenvalue weighted by atomic mass is 10.1. The third-order valence-electron chi connectivity index (χ3n) is 4.17. The molecule has 0 bridgehead atoms. The first kappa shape index (κ1) is 22.7. The van der Waals surface area contributed by atoms with E-state index in [0.717, 1.165) is 0 Å². The van der Waals surface area contributed by atoms with Crippen molar-refractivity contribution < 1.29 is 49.7 Å². The van der Waals surface area contributed by atoms with Crippen LogP contribution in [-0.2, 0) is 28.8 Å². The van der Waals surface area contributed by atoms with Crippen molar-refractivity contribution in [2.45, 2.75) is 24.4 Å². The van der Waals surface area contributed by atoms with Crippen molar-refractivity contribution in [1.29, 1.82) is 0 Å². The van der Waals surface area contributed by atoms with Gasteiger partial charge in [-0.05, 0) is 24.3 Å². The van der Waals surface area contributed by atoms with Crippen LogP contribution in [0.25, 0.3) is 0 Å². The maximum atomic E-state index is 14.7. The third-order valence-corrected chi connectivity index (χ3v) is 4.59. The first-order valence-corrected chi connectivity index (χ1v) is 10.1. The Bertz CT molecular complexity index is 1030. The van der Waals surface area contributed by atoms with Crippen molar-refractivity contribution in [1.82, 2.24) is 0 Å². The predicted molar refractivity (Wildman–Crippen MR) is 98.6 cm³/mol. The van der Waals surface area contributed by atoms with Crippen molar-refractivity contribution in [3.63, 3.8) is 0 Å². The minimum atomic E-state index is -5.33. The highest BCUT2D eigenvalue weighted by atomic mass is 32.3. The molecule has 1 aliphatic rings. The molecule has 0 spiro atoms. The summed E-state index contributed by atoms with van der Waals surface area (Å²) in [5, 5.41) is 0. The Balaban J connectivity index is 1.79. The second kappa shape index (κ2) is 9.06. The highest BCUT2D eigenvalue weighted by Crippen LogP contribution is 2.40. The summed E-state index contributed by atoms with van der Waals surface area (Å²) < 4.78 is 78.5. The molecule has 31 heavy (non-hydrogen) atoms. The number of hydrogen-bond donors (Lipinski definition) is 1. The molecule has 3 rings (SSSR count). The Morgan fingerprint density at radius 3 is 2.00 bits per heavy atom. The van der Waals surface area contributed by atoms with Crippen LogP contribution in [-0.4, -0.2) is 55.9 Å². The van der Waals surface area contributed by atoms with Crippen LogP contribution in [0.1, 0.15) is 20.7 Å². The fraction of sp³-hybridized carbons (Fsp3) is 0.263. The number of esters is 2. The Morgan fingerprint density at radius 2 is 1.48 bits per heavy atom. The van der Waals surface area contributed by atoms with E-state index in [1.807, 2.05) is 0 Å². The minimum absolute atomic E-state index is 0.0579. The molecule has 1 heterocycles. The van der Waals surface area contributed by atoms with E-state index in [2.05, 4.69) is 4.18 Å². The molecule has 0 saturated carbocycles. The Labute approximate surface area is 175 Å². The normalized spacial score (nSPS) is 22.6. The van der Waals surface area contributed by atoms with Gasteiger partial charge in [-0.15, -0.1) is 0 Å². The topological polar surface area (TPSA) is 125 Å². The van der Waals surface area contributed by atoms with Crippen LogP contribution in [0.15, 0.2) is 60.7 Å². The summed E-state index contributed by atoms with van der Waals surface area (Å²) in [5.41, 5.74) is 0.0632. The van der Waals surface area contributed by atoms with Crippen LogP contribution in [0.5, 0.6) is 0 Å². The zero-order valence-corrected chi connectivity index (χ0v) is 16.4. The van der Waals surface area contributed by atoms with E-state index in [9.17, 15) is 26.8 Å². The Hall–Kier alpha value is -2.93. The van der Waals surface area contributed by atoms with Gasteiger partial charge in [-0.3, -0.25) is 4.55 Å². The molecule has 0 aromatic heterocycles. The average Bonchev–Trinajstić information content (AvgIpc) is 2.95. The molecule has 2 aromatic rings. The lowest BCUT2D eigenvalue weighted by Crippen LogP contribution is -2.45. The number of halogens is 2. The Kier molecular flexibility index (Phi) is 6.65. The maximum absolute atomic E-state index is 14.7. The number of alkyl halides is 2. The average molecular weight is 458 g/mol. The molecule has 1 fully saturated rings. The zero-order valence-electron chi connectivity index (χ0n) is 15.6. The first-order valence-electron chi connectivity index (χ1n) is 8.75. The van der Waals surface area contributed by atoms with Crippen molar-refractivity contribution in [3.05, 3.63) is 71.8 Å². The third kappa shape index (κ3) is 5.61. The maximum Gasteiger partial charge on any atom is 0.400 e. The molecule has 166 valence electrons. The molecule has 0 amide bonds. The number of carbonyl (C=O) groups is 2. The van der Waals surface area contributed by atoms with E-state index >= 15 is 0 Å². The zero-order chi connectivity index (χ0) is 22.6. The summed E-state index contributed by atoms with van der Waals surface area (Å²) in [6, 6.07) is 14.8. The second-order valence-electron chi connectivity index (χ2n) is 6.36. The molecule has 0 unspecified atom stereocenters. The second-order valence-corrected chi connectivity index (χ2v) is 7.41. The van der Waals surface area contributed by atoms with Gasteiger partial charge in [0.15, 0.2) is 0 Å². The fourth-order valence-electron chi connectivity index (χ4n) is 2.75. The van der Waals surface area contributed by atoms with Crippen molar-refractivity contribution in [3.8, 4) is 0 Å². The van der Waals surface area contributed by atoms with Crippen LogP contribution in [0.4, 0.5) is 8.78 Å². The van der Waals surface area contributed by atoms with Gasteiger partial charge in [0, 0.05) is 0 Å². The van der Waals surface area contributed by atoms with Crippen molar-refractivity contribution in [2.75, 3.05) is 6.61 Å². The number of carbonyl (C=O) groups excluding carboxylic acids is 2. The van der Waals surface area contributed by atoms with Crippen LogP contribution >= 0.6 is 0 Å². The largest absolute Gasteiger partial charge is 0.459 e. The SMILES string of the molecule is O=C(OC[C@H]1O[C@H](OS(=O)(=O)O)C(F)(F)[C@@H]1OC(=O)c1ccccc1)c1ccccc1. The van der Waals surface area contributed by atoms with Gasteiger partial charge in [-0.1, -0.05) is 36.4 Å². The van der Waals surface area contributed by atoms with E-state index in [4.69, 9.17) is 18.8 Å². The molecule has 0 radical (unpaired) electrons. The van der Waals surface area contributed by atoms with Gasteiger partial charge in [0.1, 0.15) is 12.7 Å². The minimum Gasteiger partial charge on any atom is -0.459 e. The highest BCUT2D eigenvalue weighted by Gasteiger charge is 2.63. The summed E-state index contributed by atoms with van der Waals surface area (Å²) in [5.74, 6) is -6.23. The summed E-state index contributed by atoms with van der Waals surface area (Å²) in [6.07, 6.45) is -6.98. The molecule has 2 aromatic carbocycles. The molecule has 1 aliphatic heterocycles. The van der Waals surface area contributed by atoms with Crippen LogP contribution < -0.4 is 0 Å². The van der Waals surface area contributed by atoms with E-state index in [1.165, 1.54) is 36.4 Å². The number of benzene rings is 2. The van der Waals surface area contributed by atoms with Gasteiger partial charge in [0.25, 0.3) is 0 Å². The number of hydrogen-bond acceptors (Lipinski definition) is 8. The molecule has 1 N–H and O–H groups in total. The monoisotopic (exact) mass is 458 g/mol. The highest BCUT2D eigenvalue weighted by molar-refractivity contribution is 7.80. The van der Waals surface area contributed by atoms with Gasteiger partial charge in [0.05, 0.1) is 11.1 Å². The molecular formula is C19H16F2O9S. The lowest BCUT2D eigenvalue weighted by Gasteiger charge is -2.23. The summed E-state index contributed by atoms with van der Waals surface area (Å²) >= 11 is 0. The molecule has 1 saturated heterocycles. The molecule has 12 heteroatoms. The van der Waals surface area contributed by atoms with E-state index in [0.29, 0.717) is 0 Å². The van der Waals surface area contributed by atoms with Crippen LogP contribution in [0, 0.1) is 0 Å². The van der Waals surface area contributed by atoms with Gasteiger partial charge >= 0.3 is 28.3 Å². The molecule has 3 atom stereocenters. The quantitative estimate of drug-likeness (QED) is 0.491. The standard InChI is InChI=1S/C19H16F2O9S/c20-19(21)15(29-17(23)13-9-5-2-6-10-13)14(28-18(19)30-31(24,25)26)11-27-16(22)12-7-3-1-4-8-12/h1-10,14-15,18H,11H2,(H,24,25,26)/t14-,15-,18-/m1/s1. The molecule has 0 aliphatic carbocycles. The first-order chi connectivity index (χ1) is 14.6. The lowest BCUT2D eigenvalue weighted by molar-refractivity contribution is -0.186. The van der Waals surface area contributed by atoms with Gasteiger partial charge in [-0.25, -0.2) is 13.8 Å². The summed E-state index contributed by atoms with van der Waals surface area (Å²) in [7, 11) is -5.33. The van der Waals surface area contributed by atoms with Gasteiger partial charge < -0.3 is 14.2 Å². The summed E-state index contributed by atoms with van der Waals surface area (Å²) in [6.45, 7) is -0.818. The van der Waals surface area contributed by atoms with E-state index in [1.54, 1.807) is 24.3 Å². The van der Waals surface area contributed by atoms with E-state index < -0.39 is 53.4 Å². The van der Waals surface area contributed by atoms with Crippen molar-refractivity contribution >= 4 is 22.3 Å². The molecular weight excluding hydrogens is 442 g/mol. The number of ether oxygens (including phenoxy) is 3. The van der Waals surface area contributed by atoms with Crippen molar-refractivity contribution in [2.24, 2.45) is 0 Å². The predicted octanol–water partition coefficient (Wildman–Crippen LogP) is 2.25. The van der Waals surface area contributed by atoms with E-state index in [-0.39, 0.29) is 11.1 Å². The van der Waals surface area contributed by atoms with Gasteiger partial charge in [0.2, 0.25) is 12.4 Å². The number of rotatable bonds is 7. The van der Waals surface area contributed by atoms with Gasteiger partial charge in [-0.2, -0.15) is 17.2 Å². The molecule has 9 nitrogen and oxygen atoms in total. The smallest absolute Gasteiger partial charge is 0.400 e. The summed E-state index contributed by atoms with van der Waals surface area (Å²) in [4.78, 5) is 24.3. The van der Waals surface area contributed by atoms with Crippen LogP contribution in [0.2, 0.25) is 0 Å². The van der Waals surface area contributed by atoms with Crippen LogP contribution in [0.3, 0.4) is 0 Å².